The van der Waals surface area contributed by atoms with Crippen LogP contribution in [-0.4, -0.2) is 132 Å². The van der Waals surface area contributed by atoms with Crippen molar-refractivity contribution in [3.05, 3.63) is 12.2 Å². The van der Waals surface area contributed by atoms with Crippen LogP contribution >= 0.6 is 0 Å². The highest BCUT2D eigenvalue weighted by Gasteiger charge is 2.69. The van der Waals surface area contributed by atoms with Crippen LogP contribution in [0.4, 0.5) is 0 Å². The molecule has 13 heteroatoms. The molecule has 1 spiro atoms. The Bertz CT molecular complexity index is 1450. The lowest BCUT2D eigenvalue weighted by Gasteiger charge is -2.56. The van der Waals surface area contributed by atoms with Crippen molar-refractivity contribution >= 4 is 11.5 Å². The highest BCUT2D eigenvalue weighted by atomic mass is 16.7. The molecule has 7 saturated heterocycles. The average Bonchev–Trinajstić information content (AvgIpc) is 3.70. The molecule has 10 heterocycles. The molecule has 11 bridgehead atoms. The minimum Gasteiger partial charge on any atom is -0.392 e. The van der Waals surface area contributed by atoms with Crippen molar-refractivity contribution in [1.82, 2.24) is 0 Å². The number of rotatable bonds is 4. The number of ketones is 1. The number of aliphatic hydroxyl groups excluding tert-OH is 1. The second-order valence-electron chi connectivity index (χ2n) is 17.9. The lowest BCUT2D eigenvalue weighted by atomic mass is 9.77. The van der Waals surface area contributed by atoms with Gasteiger partial charge in [-0.1, -0.05) is 20.4 Å². The van der Waals surface area contributed by atoms with Crippen molar-refractivity contribution in [3.8, 4) is 0 Å². The van der Waals surface area contributed by atoms with Crippen LogP contribution in [0.1, 0.15) is 97.3 Å². The standard InChI is InChI=1S/C40H60N2O11/c1-19-11-25-9-10-39(45)17-32-21(3)35-37(50-32)38(53-39)40-33(51-35)8-6-26(52-40)13-22(43)14-27-29(49-31(36(27)46-4)15-23(44)18-41)16-30-34(42-40)20(2)12-24(48-30)5-7-28(19)47-25/h20-21,23-33,35-38,44-45H,1,5-18,41H2,2-4H3/t20-,21+,23+,24+,25+,26-,27+,28+,29+,30-,31-,32-,33?,35?,36-,37?,38-,39+,40+/m1/s1. The molecule has 0 aliphatic carbocycles. The Balaban J connectivity index is 1.17. The Hall–Kier alpha value is -1.36. The van der Waals surface area contributed by atoms with Crippen LogP contribution in [0.2, 0.25) is 0 Å². The zero-order valence-corrected chi connectivity index (χ0v) is 31.5. The number of nitrogens with zero attached hydrogens (tertiary/aromatic N) is 1. The molecule has 296 valence electrons. The van der Waals surface area contributed by atoms with Crippen LogP contribution in [0.3, 0.4) is 0 Å². The van der Waals surface area contributed by atoms with Gasteiger partial charge in [0.2, 0.25) is 5.72 Å². The van der Waals surface area contributed by atoms with Gasteiger partial charge in [-0.2, -0.15) is 0 Å². The summed E-state index contributed by atoms with van der Waals surface area (Å²) in [6, 6.07) is 0. The maximum absolute atomic E-state index is 14.1. The number of methoxy groups -OCH3 is 1. The molecule has 10 rings (SSSR count). The summed E-state index contributed by atoms with van der Waals surface area (Å²) in [7, 11) is 1.65. The van der Waals surface area contributed by atoms with Gasteiger partial charge in [-0.3, -0.25) is 9.79 Å². The smallest absolute Gasteiger partial charge is 0.214 e. The minimum atomic E-state index is -1.50. The summed E-state index contributed by atoms with van der Waals surface area (Å²) >= 11 is 0. The van der Waals surface area contributed by atoms with Gasteiger partial charge in [0, 0.05) is 69.7 Å². The third-order valence-corrected chi connectivity index (χ3v) is 14.3. The molecule has 19 atom stereocenters. The maximum Gasteiger partial charge on any atom is 0.214 e. The van der Waals surface area contributed by atoms with E-state index in [4.69, 9.17) is 48.6 Å². The van der Waals surface area contributed by atoms with E-state index in [9.17, 15) is 15.0 Å². The van der Waals surface area contributed by atoms with Gasteiger partial charge < -0.3 is 53.8 Å². The highest BCUT2D eigenvalue weighted by Crippen LogP contribution is 2.54. The van der Waals surface area contributed by atoms with Gasteiger partial charge in [-0.15, -0.1) is 0 Å². The van der Waals surface area contributed by atoms with Crippen molar-refractivity contribution in [1.29, 1.82) is 0 Å². The van der Waals surface area contributed by atoms with Crippen LogP contribution in [0.5, 0.6) is 0 Å². The molecule has 10 aliphatic heterocycles. The number of fused-ring (bicyclic) bond motifs is 6. The number of nitrogens with two attached hydrogens (primary N) is 1. The number of aliphatic imine (C=N–C) groups is 1. The van der Waals surface area contributed by atoms with E-state index < -0.39 is 60.3 Å². The van der Waals surface area contributed by atoms with Crippen LogP contribution in [0.15, 0.2) is 17.1 Å². The number of carbonyl (C=O) groups is 1. The largest absolute Gasteiger partial charge is 0.392 e. The third kappa shape index (κ3) is 6.61. The molecule has 0 amide bonds. The first-order valence-electron chi connectivity index (χ1n) is 20.5. The summed E-state index contributed by atoms with van der Waals surface area (Å²) in [6.07, 6.45) is 1.57. The van der Waals surface area contributed by atoms with Gasteiger partial charge in [0.05, 0.1) is 67.1 Å². The summed E-state index contributed by atoms with van der Waals surface area (Å²) in [4.78, 5) is 19.8. The summed E-state index contributed by atoms with van der Waals surface area (Å²) in [6.45, 7) is 8.86. The summed E-state index contributed by atoms with van der Waals surface area (Å²) < 4.78 is 54.5. The number of ether oxygens (including phenoxy) is 8. The van der Waals surface area contributed by atoms with Gasteiger partial charge >= 0.3 is 0 Å². The van der Waals surface area contributed by atoms with E-state index in [-0.39, 0.29) is 79.5 Å². The second kappa shape index (κ2) is 14.2. The molecule has 0 aromatic rings. The van der Waals surface area contributed by atoms with E-state index in [1.807, 2.05) is 0 Å². The van der Waals surface area contributed by atoms with Crippen LogP contribution in [0, 0.1) is 17.8 Å². The van der Waals surface area contributed by atoms with Crippen LogP contribution in [0.25, 0.3) is 0 Å². The Kier molecular flexibility index (Phi) is 10.00. The molecule has 4 N–H and O–H groups in total. The monoisotopic (exact) mass is 744 g/mol. The summed E-state index contributed by atoms with van der Waals surface area (Å²) in [5.74, 6) is -1.64. The minimum absolute atomic E-state index is 0.0159. The van der Waals surface area contributed by atoms with E-state index in [1.165, 1.54) is 0 Å². The van der Waals surface area contributed by atoms with E-state index >= 15 is 0 Å². The van der Waals surface area contributed by atoms with Crippen LogP contribution in [-0.2, 0) is 42.7 Å². The number of aliphatic hydroxyl groups is 2. The first-order valence-corrected chi connectivity index (χ1v) is 20.5. The molecule has 53 heavy (non-hydrogen) atoms. The van der Waals surface area contributed by atoms with E-state index in [0.29, 0.717) is 44.9 Å². The molecular formula is C40H60N2O11. The number of hydrogen-bond acceptors (Lipinski definition) is 13. The Morgan fingerprint density at radius 1 is 0.925 bits per heavy atom. The number of carbonyl (C=O) groups excluding carboxylic acids is 1. The number of hydrogen-bond donors (Lipinski definition) is 3. The predicted octanol–water partition coefficient (Wildman–Crippen LogP) is 2.89. The topological polar surface area (TPSA) is 170 Å². The van der Waals surface area contributed by atoms with Gasteiger partial charge in [-0.25, -0.2) is 0 Å². The molecule has 3 unspecified atom stereocenters. The van der Waals surface area contributed by atoms with Crippen molar-refractivity contribution in [2.75, 3.05) is 13.7 Å². The highest BCUT2D eigenvalue weighted by molar-refractivity contribution is 5.92. The molecule has 10 aliphatic rings. The lowest BCUT2D eigenvalue weighted by Crippen LogP contribution is -2.71. The van der Waals surface area contributed by atoms with Crippen molar-refractivity contribution in [3.63, 3.8) is 0 Å². The molecule has 0 aromatic carbocycles. The molecule has 0 radical (unpaired) electrons. The van der Waals surface area contributed by atoms with E-state index in [0.717, 1.165) is 37.0 Å². The first kappa shape index (κ1) is 37.2. The zero-order chi connectivity index (χ0) is 36.8. The molecule has 0 aromatic heterocycles. The fourth-order valence-electron chi connectivity index (χ4n) is 11.6. The quantitative estimate of drug-likeness (QED) is 0.361. The van der Waals surface area contributed by atoms with Crippen molar-refractivity contribution in [2.24, 2.45) is 28.5 Å². The molecule has 0 saturated carbocycles. The summed E-state index contributed by atoms with van der Waals surface area (Å²) in [5, 5.41) is 23.1. The van der Waals surface area contributed by atoms with E-state index in [1.54, 1.807) is 7.11 Å². The van der Waals surface area contributed by atoms with Crippen molar-refractivity contribution < 1.29 is 52.9 Å². The third-order valence-electron chi connectivity index (χ3n) is 14.3. The predicted molar refractivity (Wildman–Crippen MR) is 190 cm³/mol. The van der Waals surface area contributed by atoms with Crippen molar-refractivity contribution in [2.45, 2.75) is 194 Å². The Morgan fingerprint density at radius 3 is 2.55 bits per heavy atom. The zero-order valence-electron chi connectivity index (χ0n) is 31.5. The first-order chi connectivity index (χ1) is 25.5. The van der Waals surface area contributed by atoms with E-state index in [2.05, 4.69) is 20.4 Å². The SMILES string of the molecule is C=C1C[C@@H]2CC[C@@]3(O)C[C@H]4OC5C(OC6CC[C@@H]7CC(=O)C[C@@H]8[C@@H](OC)[C@@H](C[C@H](O)CN)O[C@H]8C[C@H]8O[C@@H](CC[C@@H]1O2)C[C@@H](C)C8=N[C@@]6(O7)[C@@H]5O3)[C@H]4C. The van der Waals surface area contributed by atoms with Crippen LogP contribution < -0.4 is 5.73 Å². The normalized spacial score (nSPS) is 52.9. The fraction of sp³-hybridized carbons (Fsp3) is 0.900. The summed E-state index contributed by atoms with van der Waals surface area (Å²) in [5.41, 5.74) is 6.40. The Labute approximate surface area is 312 Å². The molecule has 7 fully saturated rings. The maximum atomic E-state index is 14.1. The van der Waals surface area contributed by atoms with Gasteiger partial charge in [-0.05, 0) is 56.4 Å². The number of Topliss-reactive ketones (excluding diaryl/α,β-unsaturated/α-hetero) is 1. The Morgan fingerprint density at radius 2 is 1.74 bits per heavy atom. The molecular weight excluding hydrogens is 684 g/mol. The fourth-order valence-corrected chi connectivity index (χ4v) is 11.6. The van der Waals surface area contributed by atoms with Gasteiger partial charge in [0.25, 0.3) is 0 Å². The van der Waals surface area contributed by atoms with Gasteiger partial charge in [0.15, 0.2) is 5.79 Å². The van der Waals surface area contributed by atoms with Gasteiger partial charge in [0.1, 0.15) is 24.1 Å². The lowest BCUT2D eigenvalue weighted by molar-refractivity contribution is -0.352. The second-order valence-corrected chi connectivity index (χ2v) is 17.9. The average molecular weight is 745 g/mol. The molecule has 13 nitrogen and oxygen atoms in total.